The molecule has 0 aromatic carbocycles. The van der Waals surface area contributed by atoms with Crippen LogP contribution in [-0.2, 0) is 0 Å². The third kappa shape index (κ3) is 8.14. The average Bonchev–Trinajstić information content (AvgIpc) is 2.17. The smallest absolute Gasteiger partial charge is 0.0225 e. The summed E-state index contributed by atoms with van der Waals surface area (Å²) in [7, 11) is 3.94. The van der Waals surface area contributed by atoms with Crippen LogP contribution in [-0.4, -0.2) is 58.3 Å². The highest BCUT2D eigenvalue weighted by Gasteiger charge is 2.01. The molecule has 0 amide bonds. The summed E-state index contributed by atoms with van der Waals surface area (Å²) in [5, 5.41) is 6.27. The third-order valence-corrected chi connectivity index (χ3v) is 1.93. The predicted octanol–water partition coefficient (Wildman–Crippen LogP) is -1.81. The maximum Gasteiger partial charge on any atom is 0.0225 e. The van der Waals surface area contributed by atoms with Gasteiger partial charge in [0, 0.05) is 39.3 Å². The molecule has 0 heterocycles. The first-order chi connectivity index (χ1) is 6.35. The summed E-state index contributed by atoms with van der Waals surface area (Å²) in [5.74, 6) is 5.23. The maximum absolute atomic E-state index is 5.23. The molecule has 0 aromatic heterocycles. The number of nitrogens with two attached hydrogens (primary N) is 1. The van der Waals surface area contributed by atoms with E-state index in [4.69, 9.17) is 5.84 Å². The number of hydrazine groups is 1. The van der Waals surface area contributed by atoms with E-state index in [1.165, 1.54) is 0 Å². The summed E-state index contributed by atoms with van der Waals surface area (Å²) in [6.07, 6.45) is 0. The van der Waals surface area contributed by atoms with Gasteiger partial charge in [0.25, 0.3) is 0 Å². The zero-order chi connectivity index (χ0) is 9.94. The highest BCUT2D eigenvalue weighted by molar-refractivity contribution is 4.60. The summed E-state index contributed by atoms with van der Waals surface area (Å²) < 4.78 is 0. The molecule has 0 atom stereocenters. The van der Waals surface area contributed by atoms with Crippen molar-refractivity contribution >= 4 is 0 Å². The summed E-state index contributed by atoms with van der Waals surface area (Å²) >= 11 is 0. The number of hydrogen-bond acceptors (Lipinski definition) is 5. The fraction of sp³-hybridized carbons (Fsp3) is 1.00. The molecule has 5 N–H and O–H groups in total. The minimum Gasteiger partial charge on any atom is -0.318 e. The zero-order valence-electron chi connectivity index (χ0n) is 8.77. The van der Waals surface area contributed by atoms with E-state index in [1.807, 2.05) is 14.1 Å². The van der Waals surface area contributed by atoms with Crippen LogP contribution in [0.15, 0.2) is 0 Å². The molecular formula is C8H23N5. The maximum atomic E-state index is 5.23. The Morgan fingerprint density at radius 2 is 1.38 bits per heavy atom. The first kappa shape index (κ1) is 12.8. The Hall–Kier alpha value is -0.200. The molecule has 0 radical (unpaired) electrons. The molecular weight excluding hydrogens is 166 g/mol. The summed E-state index contributed by atoms with van der Waals surface area (Å²) in [4.78, 5) is 2.37. The molecule has 0 bridgehead atoms. The Morgan fingerprint density at radius 3 is 1.77 bits per heavy atom. The Kier molecular flexibility index (Phi) is 9.73. The van der Waals surface area contributed by atoms with Crippen molar-refractivity contribution in [1.82, 2.24) is 21.0 Å². The van der Waals surface area contributed by atoms with Crippen LogP contribution >= 0.6 is 0 Å². The van der Waals surface area contributed by atoms with Crippen molar-refractivity contribution in [2.75, 3.05) is 53.4 Å². The van der Waals surface area contributed by atoms with E-state index in [2.05, 4.69) is 21.0 Å². The molecule has 0 unspecified atom stereocenters. The molecule has 0 aliphatic carbocycles. The summed E-state index contributed by atoms with van der Waals surface area (Å²) in [6, 6.07) is 0. The summed E-state index contributed by atoms with van der Waals surface area (Å²) in [5.41, 5.74) is 2.67. The molecule has 5 heteroatoms. The molecule has 0 aromatic rings. The summed E-state index contributed by atoms with van der Waals surface area (Å²) in [6.45, 7) is 6.02. The van der Waals surface area contributed by atoms with Gasteiger partial charge >= 0.3 is 0 Å². The second-order valence-electron chi connectivity index (χ2n) is 3.00. The molecule has 0 spiro atoms. The number of likely N-dealkylation sites (N-methyl/N-ethyl adjacent to an activating group) is 2. The van der Waals surface area contributed by atoms with Gasteiger partial charge in [0.2, 0.25) is 0 Å². The lowest BCUT2D eigenvalue weighted by Gasteiger charge is -2.21. The van der Waals surface area contributed by atoms with Crippen molar-refractivity contribution in [1.29, 1.82) is 0 Å². The second-order valence-corrected chi connectivity index (χ2v) is 3.00. The van der Waals surface area contributed by atoms with E-state index in [9.17, 15) is 0 Å². The van der Waals surface area contributed by atoms with Crippen LogP contribution in [0.3, 0.4) is 0 Å². The molecule has 5 nitrogen and oxygen atoms in total. The van der Waals surface area contributed by atoms with E-state index in [0.717, 1.165) is 39.3 Å². The molecule has 80 valence electrons. The van der Waals surface area contributed by atoms with E-state index < -0.39 is 0 Å². The Balaban J connectivity index is 3.47. The predicted molar refractivity (Wildman–Crippen MR) is 56.5 cm³/mol. The third-order valence-electron chi connectivity index (χ3n) is 1.93. The highest BCUT2D eigenvalue weighted by Crippen LogP contribution is 1.84. The lowest BCUT2D eigenvalue weighted by Crippen LogP contribution is -2.40. The largest absolute Gasteiger partial charge is 0.318 e. The van der Waals surface area contributed by atoms with E-state index in [0.29, 0.717) is 0 Å². The van der Waals surface area contributed by atoms with Crippen molar-refractivity contribution in [3.63, 3.8) is 0 Å². The minimum atomic E-state index is 0.841. The van der Waals surface area contributed by atoms with E-state index in [1.54, 1.807) is 0 Å². The molecule has 0 saturated carbocycles. The Bertz CT molecular complexity index is 79.5. The number of nitrogens with one attached hydrogen (secondary N) is 3. The average molecular weight is 189 g/mol. The molecule has 0 saturated heterocycles. The van der Waals surface area contributed by atoms with Gasteiger partial charge in [-0.05, 0) is 14.1 Å². The van der Waals surface area contributed by atoms with Crippen molar-refractivity contribution in [3.05, 3.63) is 0 Å². The quantitative estimate of drug-likeness (QED) is 0.254. The van der Waals surface area contributed by atoms with Crippen LogP contribution < -0.4 is 21.9 Å². The van der Waals surface area contributed by atoms with Crippen molar-refractivity contribution in [2.24, 2.45) is 5.84 Å². The van der Waals surface area contributed by atoms with Crippen molar-refractivity contribution in [2.45, 2.75) is 0 Å². The Labute approximate surface area is 81.0 Å². The van der Waals surface area contributed by atoms with E-state index in [-0.39, 0.29) is 0 Å². The Morgan fingerprint density at radius 1 is 0.923 bits per heavy atom. The lowest BCUT2D eigenvalue weighted by molar-refractivity contribution is 0.277. The minimum absolute atomic E-state index is 0.841. The topological polar surface area (TPSA) is 65.3 Å². The van der Waals surface area contributed by atoms with Crippen LogP contribution in [0.1, 0.15) is 0 Å². The van der Waals surface area contributed by atoms with Gasteiger partial charge in [-0.15, -0.1) is 0 Å². The number of hydrogen-bond donors (Lipinski definition) is 4. The van der Waals surface area contributed by atoms with Crippen LogP contribution in [0.25, 0.3) is 0 Å². The van der Waals surface area contributed by atoms with Gasteiger partial charge in [-0.25, -0.2) is 0 Å². The SMILES string of the molecule is CNCCN(CCNC)CCNN. The van der Waals surface area contributed by atoms with Gasteiger partial charge < -0.3 is 10.6 Å². The zero-order valence-corrected chi connectivity index (χ0v) is 8.77. The normalized spacial score (nSPS) is 11.1. The fourth-order valence-electron chi connectivity index (χ4n) is 1.10. The van der Waals surface area contributed by atoms with Gasteiger partial charge in [0.1, 0.15) is 0 Å². The van der Waals surface area contributed by atoms with Gasteiger partial charge in [-0.1, -0.05) is 0 Å². The van der Waals surface area contributed by atoms with E-state index >= 15 is 0 Å². The van der Waals surface area contributed by atoms with Gasteiger partial charge in [-0.3, -0.25) is 16.2 Å². The van der Waals surface area contributed by atoms with Crippen LogP contribution in [0.5, 0.6) is 0 Å². The standard InChI is InChI=1S/C8H23N5/c1-10-3-6-13(7-4-11-2)8-5-12-9/h10-12H,3-9H2,1-2H3. The van der Waals surface area contributed by atoms with Crippen LogP contribution in [0.4, 0.5) is 0 Å². The molecule has 0 aliphatic rings. The van der Waals surface area contributed by atoms with Crippen LogP contribution in [0.2, 0.25) is 0 Å². The monoisotopic (exact) mass is 189 g/mol. The first-order valence-corrected chi connectivity index (χ1v) is 4.80. The molecule has 0 rings (SSSR count). The second kappa shape index (κ2) is 9.88. The highest BCUT2D eigenvalue weighted by atomic mass is 15.2. The fourth-order valence-corrected chi connectivity index (χ4v) is 1.10. The number of rotatable bonds is 9. The van der Waals surface area contributed by atoms with Gasteiger partial charge in [0.15, 0.2) is 0 Å². The number of nitrogens with zero attached hydrogens (tertiary/aromatic N) is 1. The lowest BCUT2D eigenvalue weighted by atomic mass is 10.4. The van der Waals surface area contributed by atoms with Crippen LogP contribution in [0, 0.1) is 0 Å². The van der Waals surface area contributed by atoms with Crippen molar-refractivity contribution in [3.8, 4) is 0 Å². The molecule has 0 fully saturated rings. The van der Waals surface area contributed by atoms with Gasteiger partial charge in [0.05, 0.1) is 0 Å². The first-order valence-electron chi connectivity index (χ1n) is 4.80. The molecule has 13 heavy (non-hydrogen) atoms. The van der Waals surface area contributed by atoms with Gasteiger partial charge in [-0.2, -0.15) is 0 Å². The van der Waals surface area contributed by atoms with Crippen molar-refractivity contribution < 1.29 is 0 Å². The molecule has 0 aliphatic heterocycles.